The Hall–Kier alpha value is -2.84. The second-order valence-corrected chi connectivity index (χ2v) is 4.68. The molecule has 2 heteroatoms. The topological polar surface area (TPSA) is 28.1 Å². The maximum atomic E-state index is 9.21. The van der Waals surface area contributed by atoms with Gasteiger partial charge in [-0.25, -0.2) is 10.1 Å². The number of rotatable bonds is 2. The van der Waals surface area contributed by atoms with E-state index >= 15 is 0 Å². The van der Waals surface area contributed by atoms with Gasteiger partial charge in [0.15, 0.2) is 0 Å². The molecule has 0 unspecified atom stereocenters. The Labute approximate surface area is 119 Å². The van der Waals surface area contributed by atoms with Crippen LogP contribution in [0.5, 0.6) is 0 Å². The molecule has 0 spiro atoms. The van der Waals surface area contributed by atoms with E-state index in [0.29, 0.717) is 5.57 Å². The van der Waals surface area contributed by atoms with Crippen LogP contribution in [0.25, 0.3) is 10.4 Å². The lowest BCUT2D eigenvalue weighted by Crippen LogP contribution is -1.92. The lowest BCUT2D eigenvalue weighted by Gasteiger charge is -2.10. The first-order valence-corrected chi connectivity index (χ1v) is 6.31. The highest BCUT2D eigenvalue weighted by molar-refractivity contribution is 5.85. The summed E-state index contributed by atoms with van der Waals surface area (Å²) in [5, 5.41) is 9.21. The second kappa shape index (κ2) is 5.87. The standard InChI is InChI=1S/C18H14N2/c1-13-4-8-15(9-5-13)18(17(12-19)20-3)16-10-6-14(2)7-11-16/h4-11H,1-2H3. The van der Waals surface area contributed by atoms with Gasteiger partial charge in [0.2, 0.25) is 0 Å². The molecule has 0 heterocycles. The van der Waals surface area contributed by atoms with Crippen LogP contribution in [0.3, 0.4) is 0 Å². The van der Waals surface area contributed by atoms with Gasteiger partial charge < -0.3 is 0 Å². The first-order valence-electron chi connectivity index (χ1n) is 6.31. The molecule has 0 atom stereocenters. The van der Waals surface area contributed by atoms with Gasteiger partial charge in [0.05, 0.1) is 12.6 Å². The predicted molar refractivity (Wildman–Crippen MR) is 80.6 cm³/mol. The molecule has 20 heavy (non-hydrogen) atoms. The summed E-state index contributed by atoms with van der Waals surface area (Å²) in [7, 11) is 0. The van der Waals surface area contributed by atoms with Gasteiger partial charge in [-0.3, -0.25) is 0 Å². The number of allylic oxidation sites excluding steroid dienone is 1. The third-order valence-corrected chi connectivity index (χ3v) is 3.13. The molecule has 96 valence electrons. The average Bonchev–Trinajstić information content (AvgIpc) is 2.47. The fourth-order valence-electron chi connectivity index (χ4n) is 2.02. The zero-order valence-corrected chi connectivity index (χ0v) is 11.5. The predicted octanol–water partition coefficient (Wildman–Crippen LogP) is 4.51. The number of nitriles is 1. The molecular formula is C18H14N2. The molecule has 0 amide bonds. The molecule has 0 saturated heterocycles. The minimum absolute atomic E-state index is 0.123. The van der Waals surface area contributed by atoms with Crippen LogP contribution in [0.15, 0.2) is 54.2 Å². The fraction of sp³-hybridized carbons (Fsp3) is 0.111. The fourth-order valence-corrected chi connectivity index (χ4v) is 2.02. The normalized spacial score (nSPS) is 9.40. The van der Waals surface area contributed by atoms with Crippen molar-refractivity contribution in [3.05, 3.63) is 87.9 Å². The Morgan fingerprint density at radius 2 is 1.30 bits per heavy atom. The lowest BCUT2D eigenvalue weighted by atomic mass is 9.95. The Kier molecular flexibility index (Phi) is 3.99. The van der Waals surface area contributed by atoms with Crippen LogP contribution in [0.4, 0.5) is 0 Å². The molecule has 0 aliphatic carbocycles. The highest BCUT2D eigenvalue weighted by Crippen LogP contribution is 2.28. The van der Waals surface area contributed by atoms with E-state index < -0.39 is 0 Å². The smallest absolute Gasteiger partial charge is 0.226 e. The second-order valence-electron chi connectivity index (χ2n) is 4.68. The van der Waals surface area contributed by atoms with Crippen LogP contribution in [0.1, 0.15) is 22.3 Å². The van der Waals surface area contributed by atoms with E-state index in [4.69, 9.17) is 6.57 Å². The number of aryl methyl sites for hydroxylation is 2. The van der Waals surface area contributed by atoms with Crippen LogP contribution in [0.2, 0.25) is 0 Å². The summed E-state index contributed by atoms with van der Waals surface area (Å²) in [6.07, 6.45) is 0. The van der Waals surface area contributed by atoms with Crippen molar-refractivity contribution in [2.75, 3.05) is 0 Å². The number of hydrogen-bond acceptors (Lipinski definition) is 1. The minimum atomic E-state index is 0.123. The molecule has 2 aromatic rings. The first kappa shape index (κ1) is 13.6. The van der Waals surface area contributed by atoms with Crippen molar-refractivity contribution in [2.45, 2.75) is 13.8 Å². The van der Waals surface area contributed by atoms with Gasteiger partial charge in [-0.15, -0.1) is 0 Å². The van der Waals surface area contributed by atoms with Crippen molar-refractivity contribution < 1.29 is 0 Å². The van der Waals surface area contributed by atoms with Gasteiger partial charge in [-0.2, -0.15) is 0 Å². The highest BCUT2D eigenvalue weighted by atomic mass is 14.7. The third kappa shape index (κ3) is 2.76. The molecule has 2 nitrogen and oxygen atoms in total. The summed E-state index contributed by atoms with van der Waals surface area (Å²) >= 11 is 0. The lowest BCUT2D eigenvalue weighted by molar-refractivity contribution is 1.41. The number of nitrogens with zero attached hydrogens (tertiary/aromatic N) is 2. The van der Waals surface area contributed by atoms with Crippen molar-refractivity contribution in [1.82, 2.24) is 0 Å². The van der Waals surface area contributed by atoms with E-state index in [1.165, 1.54) is 0 Å². The average molecular weight is 258 g/mol. The van der Waals surface area contributed by atoms with Crippen molar-refractivity contribution in [1.29, 1.82) is 5.26 Å². The number of hydrogen-bond donors (Lipinski definition) is 0. The maximum absolute atomic E-state index is 9.21. The molecule has 2 aromatic carbocycles. The van der Waals surface area contributed by atoms with Crippen molar-refractivity contribution in [3.63, 3.8) is 0 Å². The highest BCUT2D eigenvalue weighted by Gasteiger charge is 2.11. The minimum Gasteiger partial charge on any atom is -0.226 e. The zero-order valence-electron chi connectivity index (χ0n) is 11.5. The molecule has 0 fully saturated rings. The van der Waals surface area contributed by atoms with Crippen LogP contribution in [-0.4, -0.2) is 0 Å². The Bertz CT molecular complexity index is 657. The summed E-state index contributed by atoms with van der Waals surface area (Å²) in [5.74, 6) is 0. The Balaban J connectivity index is 2.67. The molecule has 0 aliphatic heterocycles. The largest absolute Gasteiger partial charge is 0.270 e. The molecule has 0 radical (unpaired) electrons. The Morgan fingerprint density at radius 1 is 0.900 bits per heavy atom. The van der Waals surface area contributed by atoms with Gasteiger partial charge in [0.25, 0.3) is 5.70 Å². The molecule has 0 N–H and O–H groups in total. The number of benzene rings is 2. The van der Waals surface area contributed by atoms with E-state index in [1.807, 2.05) is 68.4 Å². The summed E-state index contributed by atoms with van der Waals surface area (Å²) in [6, 6.07) is 17.8. The summed E-state index contributed by atoms with van der Waals surface area (Å²) in [6.45, 7) is 11.2. The molecule has 0 aromatic heterocycles. The van der Waals surface area contributed by atoms with E-state index in [9.17, 15) is 5.26 Å². The van der Waals surface area contributed by atoms with E-state index in [2.05, 4.69) is 4.85 Å². The zero-order chi connectivity index (χ0) is 14.5. The molecular weight excluding hydrogens is 244 g/mol. The van der Waals surface area contributed by atoms with E-state index in [0.717, 1.165) is 22.3 Å². The van der Waals surface area contributed by atoms with Crippen LogP contribution in [-0.2, 0) is 0 Å². The van der Waals surface area contributed by atoms with Gasteiger partial charge in [-0.05, 0) is 25.0 Å². The molecule has 2 rings (SSSR count). The van der Waals surface area contributed by atoms with Crippen molar-refractivity contribution in [3.8, 4) is 6.07 Å². The first-order chi connectivity index (χ1) is 9.65. The van der Waals surface area contributed by atoms with Gasteiger partial charge in [0.1, 0.15) is 0 Å². The van der Waals surface area contributed by atoms with E-state index in [-0.39, 0.29) is 5.70 Å². The van der Waals surface area contributed by atoms with Crippen LogP contribution < -0.4 is 0 Å². The Morgan fingerprint density at radius 3 is 1.60 bits per heavy atom. The summed E-state index contributed by atoms with van der Waals surface area (Å²) in [5.41, 5.74) is 4.91. The quantitative estimate of drug-likeness (QED) is 0.575. The van der Waals surface area contributed by atoms with Gasteiger partial charge in [-0.1, -0.05) is 59.7 Å². The van der Waals surface area contributed by atoms with E-state index in [1.54, 1.807) is 0 Å². The van der Waals surface area contributed by atoms with Crippen molar-refractivity contribution >= 4 is 5.57 Å². The molecule has 0 bridgehead atoms. The van der Waals surface area contributed by atoms with Gasteiger partial charge in [0, 0.05) is 5.57 Å². The summed E-state index contributed by atoms with van der Waals surface area (Å²) in [4.78, 5) is 3.37. The summed E-state index contributed by atoms with van der Waals surface area (Å²) < 4.78 is 0. The van der Waals surface area contributed by atoms with Crippen molar-refractivity contribution in [2.24, 2.45) is 0 Å². The monoisotopic (exact) mass is 258 g/mol. The molecule has 0 aliphatic rings. The van der Waals surface area contributed by atoms with Crippen LogP contribution in [0, 0.1) is 31.8 Å². The SMILES string of the molecule is [C-]#[N+]C(C#N)=C(c1ccc(C)cc1)c1ccc(C)cc1. The third-order valence-electron chi connectivity index (χ3n) is 3.13. The maximum Gasteiger partial charge on any atom is 0.270 e. The van der Waals surface area contributed by atoms with Crippen LogP contribution >= 0.6 is 0 Å². The van der Waals surface area contributed by atoms with Gasteiger partial charge >= 0.3 is 0 Å². The molecule has 0 saturated carbocycles.